The Morgan fingerprint density at radius 3 is 2.50 bits per heavy atom. The fraction of sp³-hybridized carbons (Fsp3) is 0. The van der Waals surface area contributed by atoms with Gasteiger partial charge in [-0.3, -0.25) is 14.7 Å². The molecule has 0 bridgehead atoms. The van der Waals surface area contributed by atoms with Crippen LogP contribution in [-0.4, -0.2) is 14.7 Å². The number of hydrogen-bond acceptors (Lipinski definition) is 3. The number of hydrogen-bond donors (Lipinski definition) is 2. The zero-order valence-electron chi connectivity index (χ0n) is 8.38. The van der Waals surface area contributed by atoms with Crippen molar-refractivity contribution in [3.63, 3.8) is 0 Å². The second-order valence-corrected chi connectivity index (χ2v) is 5.74. The van der Waals surface area contributed by atoms with Crippen LogP contribution in [0.15, 0.2) is 16.9 Å². The molecule has 0 aliphatic carbocycles. The van der Waals surface area contributed by atoms with Crippen molar-refractivity contribution in [1.82, 2.24) is 0 Å². The van der Waals surface area contributed by atoms with E-state index in [1.54, 1.807) is 0 Å². The van der Waals surface area contributed by atoms with E-state index in [4.69, 9.17) is 33.0 Å². The van der Waals surface area contributed by atoms with Crippen molar-refractivity contribution >= 4 is 42.6 Å². The minimum absolute atomic E-state index is 0.168. The molecule has 0 aliphatic heterocycles. The van der Waals surface area contributed by atoms with Gasteiger partial charge in [-0.05, 0) is 6.08 Å². The molecule has 0 spiro atoms. The summed E-state index contributed by atoms with van der Waals surface area (Å²) < 4.78 is 23.0. The summed E-state index contributed by atoms with van der Waals surface area (Å²) >= 11 is 10.9. The minimum Gasteiger partial charge on any atom is -0.320 e. The maximum absolute atomic E-state index is 13.1. The van der Waals surface area contributed by atoms with Gasteiger partial charge in [0.25, 0.3) is 0 Å². The van der Waals surface area contributed by atoms with Gasteiger partial charge in [-0.2, -0.15) is 4.39 Å². The molecule has 1 aromatic carbocycles. The van der Waals surface area contributed by atoms with Gasteiger partial charge in [0.1, 0.15) is 4.77 Å². The number of nitrogens with zero attached hydrogens (tertiary/aromatic N) is 1. The lowest BCUT2D eigenvalue weighted by atomic mass is 10.2. The quantitative estimate of drug-likeness (QED) is 0.507. The predicted octanol–water partition coefficient (Wildman–Crippen LogP) is 3.10. The van der Waals surface area contributed by atoms with Crippen LogP contribution < -0.4 is 0 Å². The first-order chi connectivity index (χ1) is 8.12. The van der Waals surface area contributed by atoms with Crippen molar-refractivity contribution in [2.24, 2.45) is 0 Å². The van der Waals surface area contributed by atoms with E-state index in [-0.39, 0.29) is 10.6 Å². The Morgan fingerprint density at radius 2 is 2.06 bits per heavy atom. The first-order valence-corrected chi connectivity index (χ1v) is 6.56. The number of benzene rings is 1. The molecule has 0 heterocycles. The third-order valence-corrected chi connectivity index (χ3v) is 3.60. The molecule has 10 heteroatoms. The Labute approximate surface area is 110 Å². The first kappa shape index (κ1) is 15.1. The SMILES string of the molecule is O=[N+]([O-])c1cc(C=C(Cl)P(=O)(O)O)c(Cl)cc1F. The average molecular weight is 316 g/mol. The van der Waals surface area contributed by atoms with Gasteiger partial charge in [0.15, 0.2) is 0 Å². The minimum atomic E-state index is -4.69. The highest BCUT2D eigenvalue weighted by Crippen LogP contribution is 2.48. The molecule has 0 radical (unpaired) electrons. The summed E-state index contributed by atoms with van der Waals surface area (Å²) in [6.07, 6.45) is 0.747. The van der Waals surface area contributed by atoms with E-state index in [0.29, 0.717) is 6.07 Å². The normalized spacial score (nSPS) is 12.6. The van der Waals surface area contributed by atoms with Crippen LogP contribution in [0.5, 0.6) is 0 Å². The fourth-order valence-corrected chi connectivity index (χ4v) is 1.65. The van der Waals surface area contributed by atoms with Crippen molar-refractivity contribution in [1.29, 1.82) is 0 Å². The first-order valence-electron chi connectivity index (χ1n) is 4.19. The summed E-state index contributed by atoms with van der Waals surface area (Å²) in [6, 6.07) is 1.39. The molecule has 6 nitrogen and oxygen atoms in total. The van der Waals surface area contributed by atoms with Crippen molar-refractivity contribution in [2.45, 2.75) is 0 Å². The maximum Gasteiger partial charge on any atom is 0.367 e. The third-order valence-electron chi connectivity index (χ3n) is 1.82. The van der Waals surface area contributed by atoms with Gasteiger partial charge >= 0.3 is 13.3 Å². The molecule has 0 atom stereocenters. The zero-order chi connectivity index (χ0) is 14.1. The fourth-order valence-electron chi connectivity index (χ4n) is 1.02. The van der Waals surface area contributed by atoms with Crippen LogP contribution in [0.1, 0.15) is 5.56 Å². The Morgan fingerprint density at radius 1 is 1.50 bits per heavy atom. The number of halogens is 3. The molecule has 98 valence electrons. The molecular weight excluding hydrogens is 311 g/mol. The van der Waals surface area contributed by atoms with Crippen molar-refractivity contribution in [3.05, 3.63) is 43.4 Å². The van der Waals surface area contributed by atoms with Crippen LogP contribution in [0.25, 0.3) is 6.08 Å². The maximum atomic E-state index is 13.1. The van der Waals surface area contributed by atoms with Gasteiger partial charge in [-0.15, -0.1) is 0 Å². The summed E-state index contributed by atoms with van der Waals surface area (Å²) in [7, 11) is -4.69. The Bertz CT molecular complexity index is 585. The molecule has 0 saturated carbocycles. The van der Waals surface area contributed by atoms with E-state index in [1.807, 2.05) is 0 Å². The molecule has 0 amide bonds. The molecule has 0 saturated heterocycles. The summed E-state index contributed by atoms with van der Waals surface area (Å²) in [5.41, 5.74) is -1.04. The lowest BCUT2D eigenvalue weighted by Gasteiger charge is -2.03. The molecular formula is C8H5Cl2FNO5P. The van der Waals surface area contributed by atoms with Gasteiger partial charge in [-0.1, -0.05) is 23.2 Å². The van der Waals surface area contributed by atoms with Crippen LogP contribution in [0.4, 0.5) is 10.1 Å². The van der Waals surface area contributed by atoms with Gasteiger partial charge < -0.3 is 9.79 Å². The van der Waals surface area contributed by atoms with Crippen LogP contribution in [0.3, 0.4) is 0 Å². The molecule has 0 fully saturated rings. The van der Waals surface area contributed by atoms with Crippen molar-refractivity contribution in [2.75, 3.05) is 0 Å². The Hall–Kier alpha value is -0.980. The smallest absolute Gasteiger partial charge is 0.320 e. The van der Waals surface area contributed by atoms with Gasteiger partial charge in [0.2, 0.25) is 5.82 Å². The van der Waals surface area contributed by atoms with E-state index < -0.39 is 28.8 Å². The third kappa shape index (κ3) is 3.51. The van der Waals surface area contributed by atoms with Gasteiger partial charge in [0, 0.05) is 17.7 Å². The number of nitro benzene ring substituents is 1. The molecule has 18 heavy (non-hydrogen) atoms. The summed E-state index contributed by atoms with van der Waals surface area (Å²) in [5.74, 6) is -1.16. The predicted molar refractivity (Wildman–Crippen MR) is 63.9 cm³/mol. The second kappa shape index (κ2) is 5.34. The van der Waals surface area contributed by atoms with Crippen LogP contribution >= 0.6 is 30.8 Å². The number of rotatable bonds is 3. The zero-order valence-corrected chi connectivity index (χ0v) is 10.8. The van der Waals surface area contributed by atoms with E-state index in [2.05, 4.69) is 0 Å². The van der Waals surface area contributed by atoms with E-state index in [0.717, 1.165) is 12.1 Å². The Kier molecular flexibility index (Phi) is 4.47. The highest BCUT2D eigenvalue weighted by Gasteiger charge is 2.21. The van der Waals surface area contributed by atoms with Crippen molar-refractivity contribution < 1.29 is 23.7 Å². The number of nitro groups is 1. The molecule has 2 N–H and O–H groups in total. The molecule has 0 aromatic heterocycles. The highest BCUT2D eigenvalue weighted by molar-refractivity contribution is 7.59. The van der Waals surface area contributed by atoms with Crippen LogP contribution in [0, 0.1) is 15.9 Å². The summed E-state index contributed by atoms with van der Waals surface area (Å²) in [4.78, 5) is 27.0. The van der Waals surface area contributed by atoms with E-state index in [9.17, 15) is 19.1 Å². The molecule has 0 aliphatic rings. The van der Waals surface area contributed by atoms with Crippen molar-refractivity contribution in [3.8, 4) is 0 Å². The average Bonchev–Trinajstić information content (AvgIpc) is 2.19. The van der Waals surface area contributed by atoms with Crippen LogP contribution in [0.2, 0.25) is 5.02 Å². The largest absolute Gasteiger partial charge is 0.367 e. The van der Waals surface area contributed by atoms with E-state index >= 15 is 0 Å². The van der Waals surface area contributed by atoms with Gasteiger partial charge in [0.05, 0.1) is 9.95 Å². The van der Waals surface area contributed by atoms with Crippen LogP contribution in [-0.2, 0) is 4.57 Å². The standard InChI is InChI=1S/C8H5Cl2FNO5P/c9-5-3-6(11)7(12(13)14)1-4(5)2-8(10)18(15,16)17/h1-3H,(H2,15,16,17). The monoisotopic (exact) mass is 315 g/mol. The second-order valence-electron chi connectivity index (χ2n) is 3.09. The van der Waals surface area contributed by atoms with E-state index in [1.165, 1.54) is 0 Å². The highest BCUT2D eigenvalue weighted by atomic mass is 35.5. The Balaban J connectivity index is 3.39. The summed E-state index contributed by atoms with van der Waals surface area (Å²) in [5, 5.41) is 10.2. The lowest BCUT2D eigenvalue weighted by Crippen LogP contribution is -1.94. The lowest BCUT2D eigenvalue weighted by molar-refractivity contribution is -0.387. The molecule has 1 rings (SSSR count). The molecule has 0 unspecified atom stereocenters. The molecule has 1 aromatic rings. The van der Waals surface area contributed by atoms with Gasteiger partial charge in [-0.25, -0.2) is 0 Å². The topological polar surface area (TPSA) is 101 Å². The summed E-state index contributed by atoms with van der Waals surface area (Å²) in [6.45, 7) is 0.